The molecule has 2 fully saturated rings. The highest BCUT2D eigenvalue weighted by Crippen LogP contribution is 2.28. The van der Waals surface area contributed by atoms with Crippen molar-refractivity contribution in [1.29, 1.82) is 0 Å². The highest BCUT2D eigenvalue weighted by molar-refractivity contribution is 5.71. The Bertz CT molecular complexity index is 612. The van der Waals surface area contributed by atoms with Crippen molar-refractivity contribution in [2.45, 2.75) is 31.7 Å². The summed E-state index contributed by atoms with van der Waals surface area (Å²) in [5.74, 6) is 1.92. The minimum absolute atomic E-state index is 0.489. The smallest absolute Gasteiger partial charge is 0.160 e. The van der Waals surface area contributed by atoms with Crippen LogP contribution in [0.15, 0.2) is 18.3 Å². The number of ether oxygens (including phenoxy) is 1. The maximum atomic E-state index is 5.52. The number of nitrogens with zero attached hydrogens (tertiary/aromatic N) is 3. The van der Waals surface area contributed by atoms with Crippen molar-refractivity contribution >= 4 is 11.2 Å². The van der Waals surface area contributed by atoms with Crippen molar-refractivity contribution in [2.24, 2.45) is 5.92 Å². The van der Waals surface area contributed by atoms with Gasteiger partial charge in [0.2, 0.25) is 0 Å². The Kier molecular flexibility index (Phi) is 3.61. The Hall–Kier alpha value is -1.46. The molecule has 2 aromatic rings. The van der Waals surface area contributed by atoms with Crippen LogP contribution in [0.4, 0.5) is 0 Å². The van der Waals surface area contributed by atoms with Crippen LogP contribution >= 0.6 is 0 Å². The predicted molar refractivity (Wildman–Crippen MR) is 81.3 cm³/mol. The summed E-state index contributed by atoms with van der Waals surface area (Å²) in [5, 5.41) is 3.45. The summed E-state index contributed by atoms with van der Waals surface area (Å²) in [4.78, 5) is 9.48. The Morgan fingerprint density at radius 1 is 1.29 bits per heavy atom. The number of imidazole rings is 1. The van der Waals surface area contributed by atoms with Gasteiger partial charge >= 0.3 is 0 Å². The zero-order valence-electron chi connectivity index (χ0n) is 12.3. The Morgan fingerprint density at radius 3 is 3.00 bits per heavy atom. The van der Waals surface area contributed by atoms with Gasteiger partial charge in [-0.3, -0.25) is 0 Å². The maximum absolute atomic E-state index is 5.52. The molecule has 2 aliphatic heterocycles. The molecule has 112 valence electrons. The molecule has 1 N–H and O–H groups in total. The highest BCUT2D eigenvalue weighted by Gasteiger charge is 2.25. The van der Waals surface area contributed by atoms with E-state index in [0.29, 0.717) is 12.0 Å². The lowest BCUT2D eigenvalue weighted by atomic mass is 10.0. The summed E-state index contributed by atoms with van der Waals surface area (Å²) < 4.78 is 7.92. The zero-order valence-corrected chi connectivity index (χ0v) is 12.3. The van der Waals surface area contributed by atoms with E-state index in [1.165, 1.54) is 12.2 Å². The van der Waals surface area contributed by atoms with Gasteiger partial charge < -0.3 is 14.6 Å². The van der Waals surface area contributed by atoms with E-state index in [1.807, 2.05) is 12.3 Å². The van der Waals surface area contributed by atoms with Gasteiger partial charge in [-0.1, -0.05) is 0 Å². The molecule has 0 amide bonds. The monoisotopic (exact) mass is 286 g/mol. The Balaban J connectivity index is 1.72. The molecule has 5 nitrogen and oxygen atoms in total. The van der Waals surface area contributed by atoms with E-state index in [-0.39, 0.29) is 0 Å². The van der Waals surface area contributed by atoms with E-state index in [1.54, 1.807) is 0 Å². The first-order valence-electron chi connectivity index (χ1n) is 8.02. The molecule has 0 radical (unpaired) electrons. The van der Waals surface area contributed by atoms with Gasteiger partial charge in [-0.2, -0.15) is 0 Å². The van der Waals surface area contributed by atoms with Gasteiger partial charge in [0, 0.05) is 31.9 Å². The molecule has 0 aliphatic carbocycles. The van der Waals surface area contributed by atoms with E-state index >= 15 is 0 Å². The van der Waals surface area contributed by atoms with Gasteiger partial charge in [0.25, 0.3) is 0 Å². The highest BCUT2D eigenvalue weighted by atomic mass is 16.5. The molecule has 0 saturated carbocycles. The Morgan fingerprint density at radius 2 is 2.19 bits per heavy atom. The standard InChI is InChI=1S/C16H22N4O/c1-2-14-16(18-6-1)20(13-4-8-21-9-5-13)15(19-14)10-12-3-7-17-11-12/h1-2,6,12-13,17H,3-5,7-11H2. The van der Waals surface area contributed by atoms with Crippen LogP contribution in [-0.2, 0) is 11.2 Å². The van der Waals surface area contributed by atoms with Crippen molar-refractivity contribution in [3.05, 3.63) is 24.2 Å². The predicted octanol–water partition coefficient (Wildman–Crippen LogP) is 1.93. The van der Waals surface area contributed by atoms with Gasteiger partial charge in [0.15, 0.2) is 5.65 Å². The van der Waals surface area contributed by atoms with Gasteiger partial charge in [-0.05, 0) is 50.4 Å². The molecule has 2 aromatic heterocycles. The molecule has 1 atom stereocenters. The number of nitrogens with one attached hydrogen (secondary N) is 1. The molecule has 0 spiro atoms. The van der Waals surface area contributed by atoms with Crippen LogP contribution in [0.3, 0.4) is 0 Å². The van der Waals surface area contributed by atoms with Crippen LogP contribution in [-0.4, -0.2) is 40.8 Å². The third-order valence-electron chi connectivity index (χ3n) is 4.71. The molecule has 5 heteroatoms. The second-order valence-corrected chi connectivity index (χ2v) is 6.15. The first-order chi connectivity index (χ1) is 10.4. The zero-order chi connectivity index (χ0) is 14.1. The van der Waals surface area contributed by atoms with Crippen LogP contribution in [0.5, 0.6) is 0 Å². The Labute approximate surface area is 124 Å². The largest absolute Gasteiger partial charge is 0.381 e. The summed E-state index contributed by atoms with van der Waals surface area (Å²) in [6.07, 6.45) is 6.32. The fourth-order valence-corrected chi connectivity index (χ4v) is 3.59. The summed E-state index contributed by atoms with van der Waals surface area (Å²) in [5.41, 5.74) is 2.08. The number of aromatic nitrogens is 3. The first kappa shape index (κ1) is 13.2. The molecule has 4 heterocycles. The van der Waals surface area contributed by atoms with Crippen LogP contribution in [0.25, 0.3) is 11.2 Å². The molecule has 0 bridgehead atoms. The molecule has 1 unspecified atom stereocenters. The number of rotatable bonds is 3. The van der Waals surface area contributed by atoms with Gasteiger partial charge in [0.05, 0.1) is 0 Å². The number of pyridine rings is 1. The van der Waals surface area contributed by atoms with Crippen molar-refractivity contribution < 1.29 is 4.74 Å². The topological polar surface area (TPSA) is 52.0 Å². The van der Waals surface area contributed by atoms with Crippen LogP contribution < -0.4 is 5.32 Å². The van der Waals surface area contributed by atoms with Gasteiger partial charge in [0.1, 0.15) is 11.3 Å². The quantitative estimate of drug-likeness (QED) is 0.937. The second kappa shape index (κ2) is 5.73. The molecule has 4 rings (SSSR count). The van der Waals surface area contributed by atoms with Crippen molar-refractivity contribution in [1.82, 2.24) is 19.9 Å². The SMILES string of the molecule is c1cnc2c(c1)nc(CC1CCNC1)n2C1CCOCC1. The first-order valence-corrected chi connectivity index (χ1v) is 8.02. The molecule has 21 heavy (non-hydrogen) atoms. The minimum atomic E-state index is 0.489. The maximum Gasteiger partial charge on any atom is 0.160 e. The van der Waals surface area contributed by atoms with E-state index in [2.05, 4.69) is 20.9 Å². The van der Waals surface area contributed by atoms with Crippen LogP contribution in [0.2, 0.25) is 0 Å². The molecule has 2 aliphatic rings. The molecule has 0 aromatic carbocycles. The third-order valence-corrected chi connectivity index (χ3v) is 4.71. The summed E-state index contributed by atoms with van der Waals surface area (Å²) in [6, 6.07) is 4.54. The third kappa shape index (κ3) is 2.56. The lowest BCUT2D eigenvalue weighted by Crippen LogP contribution is -2.23. The fourth-order valence-electron chi connectivity index (χ4n) is 3.59. The normalized spacial score (nSPS) is 23.9. The van der Waals surface area contributed by atoms with E-state index in [9.17, 15) is 0 Å². The van der Waals surface area contributed by atoms with E-state index in [0.717, 1.165) is 56.7 Å². The number of hydrogen-bond acceptors (Lipinski definition) is 4. The number of fused-ring (bicyclic) bond motifs is 1. The van der Waals surface area contributed by atoms with Crippen molar-refractivity contribution in [3.8, 4) is 0 Å². The van der Waals surface area contributed by atoms with Gasteiger partial charge in [-0.25, -0.2) is 9.97 Å². The second-order valence-electron chi connectivity index (χ2n) is 6.15. The van der Waals surface area contributed by atoms with Crippen LogP contribution in [0.1, 0.15) is 31.1 Å². The van der Waals surface area contributed by atoms with Crippen molar-refractivity contribution in [2.75, 3.05) is 26.3 Å². The summed E-state index contributed by atoms with van der Waals surface area (Å²) in [7, 11) is 0. The van der Waals surface area contributed by atoms with E-state index < -0.39 is 0 Å². The summed E-state index contributed by atoms with van der Waals surface area (Å²) >= 11 is 0. The molecule has 2 saturated heterocycles. The van der Waals surface area contributed by atoms with Crippen LogP contribution in [0, 0.1) is 5.92 Å². The fraction of sp³-hybridized carbons (Fsp3) is 0.625. The average molecular weight is 286 g/mol. The average Bonchev–Trinajstić information content (AvgIpc) is 3.15. The summed E-state index contributed by atoms with van der Waals surface area (Å²) in [6.45, 7) is 3.95. The number of hydrogen-bond donors (Lipinski definition) is 1. The minimum Gasteiger partial charge on any atom is -0.381 e. The molecular formula is C16H22N4O. The van der Waals surface area contributed by atoms with E-state index in [4.69, 9.17) is 9.72 Å². The molecular weight excluding hydrogens is 264 g/mol. The van der Waals surface area contributed by atoms with Crippen molar-refractivity contribution in [3.63, 3.8) is 0 Å². The lowest BCUT2D eigenvalue weighted by molar-refractivity contribution is 0.0696. The van der Waals surface area contributed by atoms with Gasteiger partial charge in [-0.15, -0.1) is 0 Å². The lowest BCUT2D eigenvalue weighted by Gasteiger charge is -2.25.